The molecule has 7 heteroatoms. The highest BCUT2D eigenvalue weighted by Crippen LogP contribution is 2.32. The number of fused-ring (bicyclic) bond motifs is 1. The van der Waals surface area contributed by atoms with E-state index in [1.807, 2.05) is 25.1 Å². The van der Waals surface area contributed by atoms with Crippen molar-refractivity contribution < 1.29 is 17.9 Å². The largest absolute Gasteiger partial charge is 0.493 e. The van der Waals surface area contributed by atoms with Gasteiger partial charge in [0.05, 0.1) is 23.6 Å². The van der Waals surface area contributed by atoms with E-state index in [9.17, 15) is 13.2 Å². The van der Waals surface area contributed by atoms with Crippen LogP contribution in [0, 0.1) is 0 Å². The maximum Gasteiger partial charge on any atom is 0.259 e. The number of nitrogens with zero attached hydrogens (tertiary/aromatic N) is 1. The summed E-state index contributed by atoms with van der Waals surface area (Å²) in [6.45, 7) is 4.43. The average molecular weight is 388 g/mol. The zero-order valence-corrected chi connectivity index (χ0v) is 16.4. The van der Waals surface area contributed by atoms with Crippen molar-refractivity contribution in [2.75, 3.05) is 28.5 Å². The van der Waals surface area contributed by atoms with Gasteiger partial charge >= 0.3 is 0 Å². The minimum Gasteiger partial charge on any atom is -0.493 e. The molecule has 0 saturated carbocycles. The number of hydrogen-bond donors (Lipinski definition) is 1. The number of amides is 1. The first-order valence-corrected chi connectivity index (χ1v) is 10.7. The summed E-state index contributed by atoms with van der Waals surface area (Å²) in [7, 11) is -3.35. The van der Waals surface area contributed by atoms with Crippen molar-refractivity contribution in [1.82, 2.24) is 0 Å². The summed E-state index contributed by atoms with van der Waals surface area (Å²) in [6, 6.07) is 12.5. The number of sulfonamides is 1. The minimum absolute atomic E-state index is 0.0464. The van der Waals surface area contributed by atoms with Gasteiger partial charge in [0.25, 0.3) is 5.91 Å². The second-order valence-corrected chi connectivity index (χ2v) is 8.48. The number of benzene rings is 2. The van der Waals surface area contributed by atoms with Crippen molar-refractivity contribution in [3.05, 3.63) is 53.6 Å². The van der Waals surface area contributed by atoms with Crippen LogP contribution in [0.1, 0.15) is 36.2 Å². The normalized spacial score (nSPS) is 13.8. The Hall–Kier alpha value is -2.54. The first kappa shape index (κ1) is 19.2. The Balaban J connectivity index is 1.89. The molecule has 0 unspecified atom stereocenters. The van der Waals surface area contributed by atoms with Crippen LogP contribution in [-0.4, -0.2) is 33.2 Å². The van der Waals surface area contributed by atoms with Gasteiger partial charge < -0.3 is 10.1 Å². The molecule has 3 rings (SSSR count). The molecule has 1 aliphatic rings. The predicted molar refractivity (Wildman–Crippen MR) is 107 cm³/mol. The number of aryl methyl sites for hydroxylation is 1. The van der Waals surface area contributed by atoms with Crippen LogP contribution in [0.3, 0.4) is 0 Å². The molecule has 0 saturated heterocycles. The van der Waals surface area contributed by atoms with E-state index < -0.39 is 10.0 Å². The molecule has 0 bridgehead atoms. The van der Waals surface area contributed by atoms with Gasteiger partial charge in [-0.2, -0.15) is 0 Å². The Bertz CT molecular complexity index is 941. The number of rotatable bonds is 6. The number of hydrogen-bond acceptors (Lipinski definition) is 4. The highest BCUT2D eigenvalue weighted by atomic mass is 32.2. The number of carbonyl (C=O) groups is 1. The summed E-state index contributed by atoms with van der Waals surface area (Å²) in [5.74, 6) is 0.274. The molecule has 1 aliphatic heterocycles. The molecule has 2 aromatic rings. The summed E-state index contributed by atoms with van der Waals surface area (Å²) in [5, 5.41) is 2.86. The third kappa shape index (κ3) is 4.08. The third-order valence-corrected chi connectivity index (χ3v) is 6.33. The van der Waals surface area contributed by atoms with Gasteiger partial charge in [0.1, 0.15) is 5.75 Å². The number of carbonyl (C=O) groups excluding carboxylic acids is 1. The zero-order valence-electron chi connectivity index (χ0n) is 15.6. The van der Waals surface area contributed by atoms with Gasteiger partial charge in [-0.3, -0.25) is 9.10 Å². The van der Waals surface area contributed by atoms with Gasteiger partial charge in [-0.15, -0.1) is 0 Å². The SMILES string of the molecule is CCOc1ccccc1C(=O)Nc1ccc2c(c1)N(S(=O)(=O)CC)CCC2. The molecule has 1 N–H and O–H groups in total. The second kappa shape index (κ2) is 8.00. The minimum atomic E-state index is -3.35. The van der Waals surface area contributed by atoms with Crippen molar-refractivity contribution in [3.8, 4) is 5.75 Å². The molecule has 27 heavy (non-hydrogen) atoms. The second-order valence-electron chi connectivity index (χ2n) is 6.30. The van der Waals surface area contributed by atoms with Gasteiger partial charge in [-0.25, -0.2) is 8.42 Å². The number of nitrogens with one attached hydrogen (secondary N) is 1. The van der Waals surface area contributed by atoms with E-state index in [0.29, 0.717) is 35.8 Å². The maximum atomic E-state index is 12.7. The third-order valence-electron chi connectivity index (χ3n) is 4.55. The molecule has 0 aliphatic carbocycles. The van der Waals surface area contributed by atoms with Crippen LogP contribution in [0.2, 0.25) is 0 Å². The summed E-state index contributed by atoms with van der Waals surface area (Å²) in [4.78, 5) is 12.7. The molecule has 6 nitrogen and oxygen atoms in total. The van der Waals surface area contributed by atoms with Crippen LogP contribution in [-0.2, 0) is 16.4 Å². The molecule has 2 aromatic carbocycles. The predicted octanol–water partition coefficient (Wildman–Crippen LogP) is 3.44. The highest BCUT2D eigenvalue weighted by molar-refractivity contribution is 7.92. The van der Waals surface area contributed by atoms with Crippen LogP contribution >= 0.6 is 0 Å². The number of para-hydroxylation sites is 1. The smallest absolute Gasteiger partial charge is 0.259 e. The Morgan fingerprint density at radius 3 is 2.70 bits per heavy atom. The van der Waals surface area contributed by atoms with Gasteiger partial charge in [-0.1, -0.05) is 18.2 Å². The van der Waals surface area contributed by atoms with E-state index in [4.69, 9.17) is 4.74 Å². The Labute approximate surface area is 160 Å². The molecule has 0 radical (unpaired) electrons. The number of anilines is 2. The van der Waals surface area contributed by atoms with Gasteiger partial charge in [-0.05, 0) is 56.5 Å². The summed E-state index contributed by atoms with van der Waals surface area (Å²) in [5.41, 5.74) is 2.63. The summed E-state index contributed by atoms with van der Waals surface area (Å²) in [6.07, 6.45) is 1.62. The van der Waals surface area contributed by atoms with E-state index in [0.717, 1.165) is 18.4 Å². The molecule has 0 spiro atoms. The summed E-state index contributed by atoms with van der Waals surface area (Å²) >= 11 is 0. The number of ether oxygens (including phenoxy) is 1. The average Bonchev–Trinajstić information content (AvgIpc) is 2.68. The lowest BCUT2D eigenvalue weighted by Gasteiger charge is -2.30. The van der Waals surface area contributed by atoms with E-state index in [1.54, 1.807) is 31.2 Å². The van der Waals surface area contributed by atoms with E-state index in [2.05, 4.69) is 5.32 Å². The van der Waals surface area contributed by atoms with Crippen LogP contribution in [0.5, 0.6) is 5.75 Å². The maximum absolute atomic E-state index is 12.7. The fourth-order valence-electron chi connectivity index (χ4n) is 3.20. The molecular formula is C20H24N2O4S. The Morgan fingerprint density at radius 1 is 1.19 bits per heavy atom. The summed E-state index contributed by atoms with van der Waals surface area (Å²) < 4.78 is 31.8. The molecule has 144 valence electrons. The first-order chi connectivity index (χ1) is 13.0. The molecule has 0 atom stereocenters. The van der Waals surface area contributed by atoms with E-state index in [-0.39, 0.29) is 11.7 Å². The zero-order chi connectivity index (χ0) is 19.4. The van der Waals surface area contributed by atoms with E-state index >= 15 is 0 Å². The Kier molecular flexibility index (Phi) is 5.70. The Morgan fingerprint density at radius 2 is 1.96 bits per heavy atom. The van der Waals surface area contributed by atoms with Gasteiger partial charge in [0.15, 0.2) is 0 Å². The fourth-order valence-corrected chi connectivity index (χ4v) is 4.39. The van der Waals surface area contributed by atoms with Crippen LogP contribution in [0.25, 0.3) is 0 Å². The van der Waals surface area contributed by atoms with Crippen molar-refractivity contribution >= 4 is 27.3 Å². The van der Waals surface area contributed by atoms with Crippen LogP contribution in [0.15, 0.2) is 42.5 Å². The standard InChI is InChI=1S/C20H24N2O4S/c1-3-26-19-10-6-5-9-17(19)20(23)21-16-12-11-15-8-7-13-22(18(15)14-16)27(24,25)4-2/h5-6,9-12,14H,3-4,7-8,13H2,1-2H3,(H,21,23). The fraction of sp³-hybridized carbons (Fsp3) is 0.350. The van der Waals surface area contributed by atoms with Crippen LogP contribution < -0.4 is 14.4 Å². The van der Waals surface area contributed by atoms with Crippen molar-refractivity contribution in [2.45, 2.75) is 26.7 Å². The van der Waals surface area contributed by atoms with Crippen LogP contribution in [0.4, 0.5) is 11.4 Å². The van der Waals surface area contributed by atoms with Gasteiger partial charge in [0, 0.05) is 12.2 Å². The molecule has 0 fully saturated rings. The van der Waals surface area contributed by atoms with Crippen molar-refractivity contribution in [2.24, 2.45) is 0 Å². The molecule has 1 heterocycles. The van der Waals surface area contributed by atoms with E-state index in [1.165, 1.54) is 4.31 Å². The van der Waals surface area contributed by atoms with Crippen molar-refractivity contribution in [3.63, 3.8) is 0 Å². The monoisotopic (exact) mass is 388 g/mol. The molecule has 1 amide bonds. The topological polar surface area (TPSA) is 75.7 Å². The lowest BCUT2D eigenvalue weighted by molar-refractivity contribution is 0.102. The van der Waals surface area contributed by atoms with Crippen molar-refractivity contribution in [1.29, 1.82) is 0 Å². The van der Waals surface area contributed by atoms with Gasteiger partial charge in [0.2, 0.25) is 10.0 Å². The first-order valence-electron chi connectivity index (χ1n) is 9.12. The lowest BCUT2D eigenvalue weighted by atomic mass is 10.0. The lowest BCUT2D eigenvalue weighted by Crippen LogP contribution is -2.36. The molecular weight excluding hydrogens is 364 g/mol. The quantitative estimate of drug-likeness (QED) is 0.822. The molecule has 0 aromatic heterocycles. The highest BCUT2D eigenvalue weighted by Gasteiger charge is 2.26.